The first-order valence-electron chi connectivity index (χ1n) is 10.3. The molecule has 4 nitrogen and oxygen atoms in total. The minimum absolute atomic E-state index is 0.206. The molecule has 0 aliphatic carbocycles. The molecule has 0 unspecified atom stereocenters. The van der Waals surface area contributed by atoms with Crippen molar-refractivity contribution in [2.75, 3.05) is 12.4 Å². The van der Waals surface area contributed by atoms with Gasteiger partial charge in [-0.15, -0.1) is 0 Å². The lowest BCUT2D eigenvalue weighted by molar-refractivity contribution is -0.111. The first kappa shape index (κ1) is 22.7. The van der Waals surface area contributed by atoms with Crippen LogP contribution in [0.15, 0.2) is 84.9 Å². The molecular weight excluding hydrogens is 457 g/mol. The van der Waals surface area contributed by atoms with Crippen molar-refractivity contribution in [2.24, 2.45) is 0 Å². The second-order valence-corrected chi connectivity index (χ2v) is 8.06. The Morgan fingerprint density at radius 1 is 0.909 bits per heavy atom. The number of rotatable bonds is 7. The monoisotopic (exact) mass is 477 g/mol. The lowest BCUT2D eigenvalue weighted by atomic mass is 10.1. The summed E-state index contributed by atoms with van der Waals surface area (Å²) in [5, 5.41) is 6.07. The highest BCUT2D eigenvalue weighted by molar-refractivity contribution is 6.35. The van der Waals surface area contributed by atoms with E-state index in [-0.39, 0.29) is 12.5 Å². The molecule has 0 radical (unpaired) electrons. The Morgan fingerprint density at radius 3 is 2.42 bits per heavy atom. The molecule has 0 saturated carbocycles. The lowest BCUT2D eigenvalue weighted by Crippen LogP contribution is -2.08. The van der Waals surface area contributed by atoms with Crippen LogP contribution < -0.4 is 14.8 Å². The van der Waals surface area contributed by atoms with Crippen LogP contribution >= 0.6 is 23.2 Å². The van der Waals surface area contributed by atoms with Gasteiger partial charge in [-0.2, -0.15) is 0 Å². The average molecular weight is 478 g/mol. The van der Waals surface area contributed by atoms with E-state index in [2.05, 4.69) is 5.32 Å². The quantitative estimate of drug-likeness (QED) is 0.282. The molecule has 0 bridgehead atoms. The van der Waals surface area contributed by atoms with Crippen LogP contribution in [0.1, 0.15) is 11.1 Å². The smallest absolute Gasteiger partial charge is 0.248 e. The SMILES string of the molecule is COc1cc(/C=C/C(=O)Nc2cccc3ccccc23)ccc1OCc1c(Cl)cccc1Cl. The Hall–Kier alpha value is -3.47. The Bertz CT molecular complexity index is 1310. The third kappa shape index (κ3) is 5.48. The normalized spacial score (nSPS) is 11.0. The van der Waals surface area contributed by atoms with Crippen LogP contribution in [0.5, 0.6) is 11.5 Å². The Labute approximate surface area is 202 Å². The second kappa shape index (κ2) is 10.4. The molecule has 0 aliphatic heterocycles. The van der Waals surface area contributed by atoms with Crippen molar-refractivity contribution in [2.45, 2.75) is 6.61 Å². The topological polar surface area (TPSA) is 47.6 Å². The van der Waals surface area contributed by atoms with Crippen molar-refractivity contribution in [1.29, 1.82) is 0 Å². The number of benzene rings is 4. The molecule has 4 aromatic carbocycles. The molecule has 0 aliphatic rings. The molecule has 1 amide bonds. The van der Waals surface area contributed by atoms with Gasteiger partial charge in [0.15, 0.2) is 11.5 Å². The van der Waals surface area contributed by atoms with Gasteiger partial charge in [0.1, 0.15) is 6.61 Å². The minimum Gasteiger partial charge on any atom is -0.493 e. The van der Waals surface area contributed by atoms with E-state index in [1.165, 1.54) is 6.08 Å². The maximum Gasteiger partial charge on any atom is 0.248 e. The number of carbonyl (C=O) groups excluding carboxylic acids is 1. The van der Waals surface area contributed by atoms with Crippen LogP contribution in [0.3, 0.4) is 0 Å². The van der Waals surface area contributed by atoms with Crippen LogP contribution in [0.25, 0.3) is 16.8 Å². The van der Waals surface area contributed by atoms with Gasteiger partial charge in [-0.1, -0.05) is 71.7 Å². The lowest BCUT2D eigenvalue weighted by Gasteiger charge is -2.13. The van der Waals surface area contributed by atoms with Gasteiger partial charge in [-0.05, 0) is 47.4 Å². The summed E-state index contributed by atoms with van der Waals surface area (Å²) in [6.45, 7) is 0.206. The predicted octanol–water partition coefficient (Wildman–Crippen LogP) is 7.39. The van der Waals surface area contributed by atoms with Gasteiger partial charge in [0.2, 0.25) is 5.91 Å². The first-order chi connectivity index (χ1) is 16.0. The van der Waals surface area contributed by atoms with Crippen molar-refractivity contribution < 1.29 is 14.3 Å². The maximum absolute atomic E-state index is 12.5. The molecule has 6 heteroatoms. The minimum atomic E-state index is -0.223. The number of nitrogens with one attached hydrogen (secondary N) is 1. The summed E-state index contributed by atoms with van der Waals surface area (Å²) in [6, 6.07) is 24.5. The number of amides is 1. The maximum atomic E-state index is 12.5. The summed E-state index contributed by atoms with van der Waals surface area (Å²) >= 11 is 12.4. The highest BCUT2D eigenvalue weighted by Gasteiger charge is 2.10. The number of halogens is 2. The molecule has 33 heavy (non-hydrogen) atoms. The Kier molecular flexibility index (Phi) is 7.18. The van der Waals surface area contributed by atoms with Gasteiger partial charge in [0, 0.05) is 32.8 Å². The zero-order valence-corrected chi connectivity index (χ0v) is 19.4. The molecule has 0 heterocycles. The Balaban J connectivity index is 1.45. The molecule has 0 spiro atoms. The molecule has 0 saturated heterocycles. The summed E-state index contributed by atoms with van der Waals surface area (Å²) in [4.78, 5) is 12.5. The fourth-order valence-corrected chi connectivity index (χ4v) is 3.91. The summed E-state index contributed by atoms with van der Waals surface area (Å²) in [5.74, 6) is 0.861. The van der Waals surface area contributed by atoms with E-state index in [1.807, 2.05) is 48.5 Å². The highest BCUT2D eigenvalue weighted by Crippen LogP contribution is 2.32. The first-order valence-corrected chi connectivity index (χ1v) is 11.0. The van der Waals surface area contributed by atoms with E-state index in [9.17, 15) is 4.79 Å². The summed E-state index contributed by atoms with van der Waals surface area (Å²) in [5.41, 5.74) is 2.27. The summed E-state index contributed by atoms with van der Waals surface area (Å²) in [7, 11) is 1.56. The fourth-order valence-electron chi connectivity index (χ4n) is 3.41. The summed E-state index contributed by atoms with van der Waals surface area (Å²) < 4.78 is 11.3. The third-order valence-electron chi connectivity index (χ3n) is 5.10. The molecule has 166 valence electrons. The van der Waals surface area contributed by atoms with Gasteiger partial charge in [-0.25, -0.2) is 0 Å². The van der Waals surface area contributed by atoms with Crippen molar-refractivity contribution >= 4 is 51.6 Å². The van der Waals surface area contributed by atoms with Gasteiger partial charge in [0.05, 0.1) is 7.11 Å². The molecule has 0 atom stereocenters. The van der Waals surface area contributed by atoms with Crippen LogP contribution in [0.4, 0.5) is 5.69 Å². The number of anilines is 1. The van der Waals surface area contributed by atoms with Gasteiger partial charge in [0.25, 0.3) is 0 Å². The fraction of sp³-hybridized carbons (Fsp3) is 0.0741. The average Bonchev–Trinajstić information content (AvgIpc) is 2.83. The van der Waals surface area contributed by atoms with Crippen LogP contribution in [-0.4, -0.2) is 13.0 Å². The second-order valence-electron chi connectivity index (χ2n) is 7.25. The summed E-state index contributed by atoms with van der Waals surface area (Å²) in [6.07, 6.45) is 3.21. The third-order valence-corrected chi connectivity index (χ3v) is 5.80. The molecular formula is C27H21Cl2NO3. The van der Waals surface area contributed by atoms with E-state index in [0.29, 0.717) is 27.1 Å². The number of fused-ring (bicyclic) bond motifs is 1. The number of hydrogen-bond donors (Lipinski definition) is 1. The molecule has 4 aromatic rings. The molecule has 0 aromatic heterocycles. The number of ether oxygens (including phenoxy) is 2. The van der Waals surface area contributed by atoms with E-state index in [1.54, 1.807) is 43.5 Å². The zero-order chi connectivity index (χ0) is 23.2. The predicted molar refractivity (Wildman–Crippen MR) is 135 cm³/mol. The van der Waals surface area contributed by atoms with Crippen molar-refractivity contribution in [3.8, 4) is 11.5 Å². The van der Waals surface area contributed by atoms with E-state index in [0.717, 1.165) is 22.0 Å². The van der Waals surface area contributed by atoms with E-state index in [4.69, 9.17) is 32.7 Å². The van der Waals surface area contributed by atoms with Gasteiger partial charge < -0.3 is 14.8 Å². The van der Waals surface area contributed by atoms with Crippen molar-refractivity contribution in [1.82, 2.24) is 0 Å². The van der Waals surface area contributed by atoms with E-state index < -0.39 is 0 Å². The number of carbonyl (C=O) groups is 1. The molecule has 1 N–H and O–H groups in total. The van der Waals surface area contributed by atoms with Crippen molar-refractivity contribution in [3.63, 3.8) is 0 Å². The molecule has 4 rings (SSSR count). The number of methoxy groups -OCH3 is 1. The molecule has 0 fully saturated rings. The Morgan fingerprint density at radius 2 is 1.64 bits per heavy atom. The van der Waals surface area contributed by atoms with Gasteiger partial charge in [-0.3, -0.25) is 4.79 Å². The number of hydrogen-bond acceptors (Lipinski definition) is 3. The van der Waals surface area contributed by atoms with Crippen LogP contribution in [0, 0.1) is 0 Å². The van der Waals surface area contributed by atoms with Crippen LogP contribution in [0.2, 0.25) is 10.0 Å². The van der Waals surface area contributed by atoms with Crippen molar-refractivity contribution in [3.05, 3.63) is 106 Å². The highest BCUT2D eigenvalue weighted by atomic mass is 35.5. The van der Waals surface area contributed by atoms with Gasteiger partial charge >= 0.3 is 0 Å². The standard InChI is InChI=1S/C27H21Cl2NO3/c1-32-26-16-18(12-14-25(26)33-17-21-22(28)9-5-10-23(21)29)13-15-27(31)30-24-11-4-7-19-6-2-3-8-20(19)24/h2-16H,17H2,1H3,(H,30,31)/b15-13+. The van der Waals surface area contributed by atoms with E-state index >= 15 is 0 Å². The largest absolute Gasteiger partial charge is 0.493 e. The van der Waals surface area contributed by atoms with Crippen LogP contribution in [-0.2, 0) is 11.4 Å². The zero-order valence-electron chi connectivity index (χ0n) is 17.8.